The number of amides is 1. The van der Waals surface area contributed by atoms with Crippen LogP contribution in [0.5, 0.6) is 17.4 Å². The standard InChI is InChI=1S/C20H23N3O4/c1-14-4-8-19(22-21-14)27-16-10-11-23(13-16)20(24)9-6-15-5-7-17(25-2)18(12-15)26-3/h4-9,12,16H,10-11,13H2,1-3H3/b9-6+. The molecule has 0 aliphatic carbocycles. The number of carbonyl (C=O) groups is 1. The second-order valence-electron chi connectivity index (χ2n) is 6.27. The Balaban J connectivity index is 1.57. The van der Waals surface area contributed by atoms with Crippen LogP contribution in [0, 0.1) is 6.92 Å². The first-order valence-corrected chi connectivity index (χ1v) is 8.75. The molecule has 7 heteroatoms. The highest BCUT2D eigenvalue weighted by Crippen LogP contribution is 2.28. The molecule has 1 unspecified atom stereocenters. The maximum Gasteiger partial charge on any atom is 0.246 e. The summed E-state index contributed by atoms with van der Waals surface area (Å²) in [7, 11) is 3.17. The molecule has 7 nitrogen and oxygen atoms in total. The maximum atomic E-state index is 12.4. The van der Waals surface area contributed by atoms with Crippen molar-refractivity contribution < 1.29 is 19.0 Å². The van der Waals surface area contributed by atoms with Crippen LogP contribution < -0.4 is 14.2 Å². The second-order valence-corrected chi connectivity index (χ2v) is 6.27. The van der Waals surface area contributed by atoms with Gasteiger partial charge in [0.05, 0.1) is 26.5 Å². The SMILES string of the molecule is COc1ccc(/C=C/C(=O)N2CCC(Oc3ccc(C)nn3)C2)cc1OC. The number of hydrogen-bond donors (Lipinski definition) is 0. The van der Waals surface area contributed by atoms with Crippen LogP contribution in [0.4, 0.5) is 0 Å². The number of hydrogen-bond acceptors (Lipinski definition) is 6. The molecule has 3 rings (SSSR count). The quantitative estimate of drug-likeness (QED) is 0.729. The highest BCUT2D eigenvalue weighted by Gasteiger charge is 2.26. The third-order valence-corrected chi connectivity index (χ3v) is 4.34. The number of benzene rings is 1. The highest BCUT2D eigenvalue weighted by molar-refractivity contribution is 5.92. The Morgan fingerprint density at radius 1 is 1.15 bits per heavy atom. The van der Waals surface area contributed by atoms with Gasteiger partial charge in [0.2, 0.25) is 11.8 Å². The van der Waals surface area contributed by atoms with Crippen molar-refractivity contribution in [3.8, 4) is 17.4 Å². The van der Waals surface area contributed by atoms with Gasteiger partial charge in [0.1, 0.15) is 6.10 Å². The van der Waals surface area contributed by atoms with E-state index in [0.29, 0.717) is 30.5 Å². The molecule has 1 aliphatic heterocycles. The molecule has 0 N–H and O–H groups in total. The average molecular weight is 369 g/mol. The molecule has 1 amide bonds. The smallest absolute Gasteiger partial charge is 0.246 e. The van der Waals surface area contributed by atoms with Gasteiger partial charge in [-0.05, 0) is 36.8 Å². The lowest BCUT2D eigenvalue weighted by Gasteiger charge is -2.15. The Morgan fingerprint density at radius 2 is 1.96 bits per heavy atom. The molecule has 1 fully saturated rings. The van der Waals surface area contributed by atoms with E-state index in [-0.39, 0.29) is 12.0 Å². The summed E-state index contributed by atoms with van der Waals surface area (Å²) < 4.78 is 16.3. The fraction of sp³-hybridized carbons (Fsp3) is 0.350. The topological polar surface area (TPSA) is 73.8 Å². The van der Waals surface area contributed by atoms with E-state index >= 15 is 0 Å². The Labute approximate surface area is 158 Å². The van der Waals surface area contributed by atoms with Crippen molar-refractivity contribution in [1.29, 1.82) is 0 Å². The Bertz CT molecular complexity index is 820. The van der Waals surface area contributed by atoms with Crippen molar-refractivity contribution in [2.24, 2.45) is 0 Å². The monoisotopic (exact) mass is 369 g/mol. The summed E-state index contributed by atoms with van der Waals surface area (Å²) in [5.74, 6) is 1.72. The fourth-order valence-corrected chi connectivity index (χ4v) is 2.87. The molecule has 1 atom stereocenters. The molecule has 0 saturated carbocycles. The molecule has 1 aromatic carbocycles. The number of carbonyl (C=O) groups excluding carboxylic acids is 1. The van der Waals surface area contributed by atoms with E-state index in [1.54, 1.807) is 37.3 Å². The highest BCUT2D eigenvalue weighted by atomic mass is 16.5. The molecule has 1 saturated heterocycles. The van der Waals surface area contributed by atoms with E-state index in [1.807, 2.05) is 31.2 Å². The minimum atomic E-state index is -0.0690. The molecule has 0 spiro atoms. The minimum absolute atomic E-state index is 0.0501. The Kier molecular flexibility index (Phi) is 5.90. The van der Waals surface area contributed by atoms with E-state index in [2.05, 4.69) is 10.2 Å². The summed E-state index contributed by atoms with van der Waals surface area (Å²) in [6.45, 7) is 3.06. The number of aromatic nitrogens is 2. The summed E-state index contributed by atoms with van der Waals surface area (Å²) >= 11 is 0. The van der Waals surface area contributed by atoms with Crippen LogP contribution >= 0.6 is 0 Å². The van der Waals surface area contributed by atoms with Gasteiger partial charge in [0.25, 0.3) is 0 Å². The van der Waals surface area contributed by atoms with Crippen LogP contribution in [-0.4, -0.2) is 54.4 Å². The average Bonchev–Trinajstić information content (AvgIpc) is 3.16. The third kappa shape index (κ3) is 4.75. The van der Waals surface area contributed by atoms with Crippen LogP contribution in [0.15, 0.2) is 36.4 Å². The van der Waals surface area contributed by atoms with Crippen molar-refractivity contribution >= 4 is 12.0 Å². The van der Waals surface area contributed by atoms with Crippen molar-refractivity contribution in [2.45, 2.75) is 19.4 Å². The van der Waals surface area contributed by atoms with Crippen LogP contribution in [0.3, 0.4) is 0 Å². The Morgan fingerprint density at radius 3 is 2.67 bits per heavy atom. The summed E-state index contributed by atoms with van der Waals surface area (Å²) in [5, 5.41) is 7.99. The van der Waals surface area contributed by atoms with Gasteiger partial charge in [0.15, 0.2) is 11.5 Å². The zero-order valence-corrected chi connectivity index (χ0v) is 15.7. The molecule has 1 aliphatic rings. The zero-order valence-electron chi connectivity index (χ0n) is 15.7. The fourth-order valence-electron chi connectivity index (χ4n) is 2.87. The molecular weight excluding hydrogens is 346 g/mol. The van der Waals surface area contributed by atoms with Crippen LogP contribution in [0.25, 0.3) is 6.08 Å². The molecule has 27 heavy (non-hydrogen) atoms. The van der Waals surface area contributed by atoms with Crippen molar-refractivity contribution in [3.05, 3.63) is 47.7 Å². The van der Waals surface area contributed by atoms with E-state index in [4.69, 9.17) is 14.2 Å². The van der Waals surface area contributed by atoms with Gasteiger partial charge >= 0.3 is 0 Å². The maximum absolute atomic E-state index is 12.4. The lowest BCUT2D eigenvalue weighted by Crippen LogP contribution is -2.29. The zero-order chi connectivity index (χ0) is 19.2. The largest absolute Gasteiger partial charge is 0.493 e. The first kappa shape index (κ1) is 18.7. The third-order valence-electron chi connectivity index (χ3n) is 4.34. The predicted molar refractivity (Wildman–Crippen MR) is 101 cm³/mol. The van der Waals surface area contributed by atoms with Gasteiger partial charge in [0, 0.05) is 25.1 Å². The Hall–Kier alpha value is -3.09. The second kappa shape index (κ2) is 8.53. The van der Waals surface area contributed by atoms with E-state index in [1.165, 1.54) is 0 Å². The van der Waals surface area contributed by atoms with Crippen molar-refractivity contribution in [1.82, 2.24) is 15.1 Å². The molecule has 142 valence electrons. The van der Waals surface area contributed by atoms with Gasteiger partial charge in [-0.25, -0.2) is 0 Å². The number of ether oxygens (including phenoxy) is 3. The molecule has 2 heterocycles. The van der Waals surface area contributed by atoms with Crippen molar-refractivity contribution in [3.63, 3.8) is 0 Å². The number of likely N-dealkylation sites (tertiary alicyclic amines) is 1. The van der Waals surface area contributed by atoms with Crippen LogP contribution in [0.1, 0.15) is 17.7 Å². The first-order chi connectivity index (χ1) is 13.1. The molecule has 0 radical (unpaired) electrons. The number of nitrogens with zero attached hydrogens (tertiary/aromatic N) is 3. The van der Waals surface area contributed by atoms with Crippen LogP contribution in [0.2, 0.25) is 0 Å². The first-order valence-electron chi connectivity index (χ1n) is 8.75. The lowest BCUT2D eigenvalue weighted by molar-refractivity contribution is -0.125. The van der Waals surface area contributed by atoms with Gasteiger partial charge in [-0.3, -0.25) is 4.79 Å². The molecular formula is C20H23N3O4. The predicted octanol–water partition coefficient (Wildman–Crippen LogP) is 2.50. The van der Waals surface area contributed by atoms with Gasteiger partial charge in [-0.15, -0.1) is 5.10 Å². The summed E-state index contributed by atoms with van der Waals surface area (Å²) in [6, 6.07) is 9.16. The molecule has 2 aromatic rings. The van der Waals surface area contributed by atoms with E-state index < -0.39 is 0 Å². The van der Waals surface area contributed by atoms with Crippen LogP contribution in [-0.2, 0) is 4.79 Å². The van der Waals surface area contributed by atoms with E-state index in [9.17, 15) is 4.79 Å². The number of aryl methyl sites for hydroxylation is 1. The number of methoxy groups -OCH3 is 2. The lowest BCUT2D eigenvalue weighted by atomic mass is 10.2. The summed E-state index contributed by atoms with van der Waals surface area (Å²) in [6.07, 6.45) is 4.03. The minimum Gasteiger partial charge on any atom is -0.493 e. The van der Waals surface area contributed by atoms with E-state index in [0.717, 1.165) is 17.7 Å². The molecule has 0 bridgehead atoms. The van der Waals surface area contributed by atoms with Gasteiger partial charge in [-0.1, -0.05) is 6.07 Å². The summed E-state index contributed by atoms with van der Waals surface area (Å²) in [5.41, 5.74) is 1.70. The van der Waals surface area contributed by atoms with Gasteiger partial charge in [-0.2, -0.15) is 5.10 Å². The molecule has 1 aromatic heterocycles. The van der Waals surface area contributed by atoms with Crippen molar-refractivity contribution in [2.75, 3.05) is 27.3 Å². The van der Waals surface area contributed by atoms with Gasteiger partial charge < -0.3 is 19.1 Å². The number of rotatable bonds is 6. The normalized spacial score (nSPS) is 16.6. The summed E-state index contributed by atoms with van der Waals surface area (Å²) in [4.78, 5) is 14.2.